The third-order valence-electron chi connectivity index (χ3n) is 4.35. The quantitative estimate of drug-likeness (QED) is 0.535. The van der Waals surface area contributed by atoms with Gasteiger partial charge in [-0.15, -0.1) is 0 Å². The van der Waals surface area contributed by atoms with E-state index in [4.69, 9.17) is 21.4 Å². The highest BCUT2D eigenvalue weighted by Crippen LogP contribution is 2.30. The van der Waals surface area contributed by atoms with Gasteiger partial charge < -0.3 is 9.84 Å². The normalized spacial score (nSPS) is 10.8. The van der Waals surface area contributed by atoms with Gasteiger partial charge in [-0.2, -0.15) is 0 Å². The van der Waals surface area contributed by atoms with Crippen LogP contribution in [0.25, 0.3) is 11.1 Å². The van der Waals surface area contributed by atoms with Gasteiger partial charge in [-0.1, -0.05) is 29.8 Å². The molecule has 0 atom stereocenters. The molecule has 1 N–H and O–H groups in total. The molecule has 0 heterocycles. The molecule has 0 aliphatic carbocycles. The maximum Gasteiger partial charge on any atom is 0.341 e. The number of hydrogen-bond acceptors (Lipinski definition) is 2. The number of carboxylic acids is 1. The number of benzene rings is 3. The largest absolute Gasteiger partial charge is 0.479 e. The maximum absolute atomic E-state index is 14.6. The van der Waals surface area contributed by atoms with Gasteiger partial charge in [0, 0.05) is 10.6 Å². The Kier molecular flexibility index (Phi) is 6.44. The van der Waals surface area contributed by atoms with E-state index in [-0.39, 0.29) is 29.2 Å². The van der Waals surface area contributed by atoms with Crippen molar-refractivity contribution in [3.05, 3.63) is 88.2 Å². The SMILES string of the molecule is O=C(O)COc1ccc(Cl)c(CCc2cc(-c3cccc(F)c3)ccc2F)c1F. The van der Waals surface area contributed by atoms with E-state index >= 15 is 0 Å². The fraction of sp³-hybridized carbons (Fsp3) is 0.136. The lowest BCUT2D eigenvalue weighted by Gasteiger charge is -2.12. The predicted octanol–water partition coefficient (Wildman–Crippen LogP) is 5.67. The van der Waals surface area contributed by atoms with Crippen LogP contribution >= 0.6 is 11.6 Å². The summed E-state index contributed by atoms with van der Waals surface area (Å²) in [5.41, 5.74) is 1.65. The van der Waals surface area contributed by atoms with Gasteiger partial charge in [0.2, 0.25) is 0 Å². The molecule has 3 aromatic rings. The fourth-order valence-corrected chi connectivity index (χ4v) is 3.17. The third kappa shape index (κ3) is 5.09. The topological polar surface area (TPSA) is 46.5 Å². The molecule has 0 radical (unpaired) electrons. The van der Waals surface area contributed by atoms with Crippen LogP contribution in [0.2, 0.25) is 5.02 Å². The number of aliphatic carboxylic acids is 1. The van der Waals surface area contributed by atoms with Crippen LogP contribution in [0.5, 0.6) is 5.75 Å². The van der Waals surface area contributed by atoms with Crippen LogP contribution in [0.4, 0.5) is 13.2 Å². The Morgan fingerprint density at radius 2 is 1.72 bits per heavy atom. The van der Waals surface area contributed by atoms with E-state index in [1.807, 2.05) is 0 Å². The third-order valence-corrected chi connectivity index (χ3v) is 4.70. The van der Waals surface area contributed by atoms with Gasteiger partial charge in [0.25, 0.3) is 0 Å². The fourth-order valence-electron chi connectivity index (χ4n) is 2.93. The number of carboxylic acid groups (broad SMARTS) is 1. The van der Waals surface area contributed by atoms with Gasteiger partial charge in [-0.05, 0) is 65.9 Å². The Morgan fingerprint density at radius 1 is 0.966 bits per heavy atom. The van der Waals surface area contributed by atoms with Crippen molar-refractivity contribution in [1.29, 1.82) is 0 Å². The molecule has 150 valence electrons. The summed E-state index contributed by atoms with van der Waals surface area (Å²) in [7, 11) is 0. The van der Waals surface area contributed by atoms with Crippen LogP contribution in [0.1, 0.15) is 11.1 Å². The Hall–Kier alpha value is -2.99. The lowest BCUT2D eigenvalue weighted by molar-refractivity contribution is -0.139. The Balaban J connectivity index is 1.83. The molecule has 0 saturated carbocycles. The molecule has 0 fully saturated rings. The highest BCUT2D eigenvalue weighted by Gasteiger charge is 2.16. The molecule has 0 bridgehead atoms. The Bertz CT molecular complexity index is 1050. The zero-order valence-electron chi connectivity index (χ0n) is 15.1. The van der Waals surface area contributed by atoms with Crippen molar-refractivity contribution in [1.82, 2.24) is 0 Å². The summed E-state index contributed by atoms with van der Waals surface area (Å²) in [5, 5.41) is 8.80. The van der Waals surface area contributed by atoms with E-state index in [9.17, 15) is 18.0 Å². The lowest BCUT2D eigenvalue weighted by atomic mass is 9.98. The van der Waals surface area contributed by atoms with Crippen LogP contribution < -0.4 is 4.74 Å². The molecule has 3 aromatic carbocycles. The van der Waals surface area contributed by atoms with Crippen molar-refractivity contribution in [2.45, 2.75) is 12.8 Å². The molecule has 0 aromatic heterocycles. The first-order valence-corrected chi connectivity index (χ1v) is 9.09. The molecular formula is C22H16ClF3O3. The summed E-state index contributed by atoms with van der Waals surface area (Å²) in [5.74, 6) is -3.13. The summed E-state index contributed by atoms with van der Waals surface area (Å²) in [6.45, 7) is -0.692. The monoisotopic (exact) mass is 420 g/mol. The summed E-state index contributed by atoms with van der Waals surface area (Å²) in [6, 6.07) is 13.0. The molecule has 3 rings (SSSR count). The average Bonchev–Trinajstić information content (AvgIpc) is 2.68. The highest BCUT2D eigenvalue weighted by molar-refractivity contribution is 6.31. The Labute approximate surface area is 170 Å². The van der Waals surface area contributed by atoms with Crippen molar-refractivity contribution in [2.24, 2.45) is 0 Å². The molecule has 0 spiro atoms. The van der Waals surface area contributed by atoms with E-state index in [2.05, 4.69) is 0 Å². The van der Waals surface area contributed by atoms with Crippen LogP contribution in [-0.4, -0.2) is 17.7 Å². The van der Waals surface area contributed by atoms with Crippen LogP contribution in [0.15, 0.2) is 54.6 Å². The minimum Gasteiger partial charge on any atom is -0.479 e. The number of carbonyl (C=O) groups is 1. The van der Waals surface area contributed by atoms with E-state index in [0.29, 0.717) is 16.7 Å². The average molecular weight is 421 g/mol. The van der Waals surface area contributed by atoms with Crippen molar-refractivity contribution < 1.29 is 27.8 Å². The van der Waals surface area contributed by atoms with Crippen molar-refractivity contribution >= 4 is 17.6 Å². The summed E-state index contributed by atoms with van der Waals surface area (Å²) < 4.78 is 47.3. The first kappa shape index (κ1) is 20.7. The molecule has 0 aliphatic rings. The molecule has 7 heteroatoms. The lowest BCUT2D eigenvalue weighted by Crippen LogP contribution is -2.11. The van der Waals surface area contributed by atoms with Crippen LogP contribution in [0, 0.1) is 17.5 Å². The minimum atomic E-state index is -1.24. The van der Waals surface area contributed by atoms with Gasteiger partial charge >= 0.3 is 5.97 Å². The molecule has 0 saturated heterocycles. The number of halogens is 4. The van der Waals surface area contributed by atoms with Gasteiger partial charge in [-0.3, -0.25) is 0 Å². The predicted molar refractivity (Wildman–Crippen MR) is 104 cm³/mol. The minimum absolute atomic E-state index is 0.0679. The van der Waals surface area contributed by atoms with Crippen molar-refractivity contribution in [2.75, 3.05) is 6.61 Å². The Morgan fingerprint density at radius 3 is 2.45 bits per heavy atom. The van der Waals surface area contributed by atoms with Crippen molar-refractivity contribution in [3.63, 3.8) is 0 Å². The zero-order chi connectivity index (χ0) is 21.0. The highest BCUT2D eigenvalue weighted by atomic mass is 35.5. The van der Waals surface area contributed by atoms with Gasteiger partial charge in [0.1, 0.15) is 11.6 Å². The molecule has 3 nitrogen and oxygen atoms in total. The van der Waals surface area contributed by atoms with Gasteiger partial charge in [-0.25, -0.2) is 18.0 Å². The second kappa shape index (κ2) is 9.01. The second-order valence-electron chi connectivity index (χ2n) is 6.34. The first-order valence-electron chi connectivity index (χ1n) is 8.71. The number of hydrogen-bond donors (Lipinski definition) is 1. The molecule has 0 aliphatic heterocycles. The van der Waals surface area contributed by atoms with E-state index in [1.165, 1.54) is 30.3 Å². The molecule has 0 amide bonds. The van der Waals surface area contributed by atoms with Gasteiger partial charge in [0.15, 0.2) is 18.2 Å². The van der Waals surface area contributed by atoms with E-state index < -0.39 is 30.0 Å². The second-order valence-corrected chi connectivity index (χ2v) is 6.74. The van der Waals surface area contributed by atoms with Crippen molar-refractivity contribution in [3.8, 4) is 16.9 Å². The summed E-state index contributed by atoms with van der Waals surface area (Å²) >= 11 is 6.07. The molecular weight excluding hydrogens is 405 g/mol. The smallest absolute Gasteiger partial charge is 0.341 e. The number of aryl methyl sites for hydroxylation is 1. The van der Waals surface area contributed by atoms with E-state index in [1.54, 1.807) is 24.3 Å². The van der Waals surface area contributed by atoms with Gasteiger partial charge in [0.05, 0.1) is 0 Å². The number of rotatable bonds is 7. The maximum atomic E-state index is 14.6. The van der Waals surface area contributed by atoms with Crippen LogP contribution in [0.3, 0.4) is 0 Å². The standard InChI is InChI=1S/C22H16ClF3O3/c23-18-7-9-20(29-12-21(27)28)22(26)17(18)6-4-15-10-14(5-8-19(15)25)13-2-1-3-16(24)11-13/h1-3,5,7-11H,4,6,12H2,(H,27,28). The molecule has 29 heavy (non-hydrogen) atoms. The van der Waals surface area contributed by atoms with E-state index in [0.717, 1.165) is 0 Å². The summed E-state index contributed by atoms with van der Waals surface area (Å²) in [4.78, 5) is 10.6. The first-order chi connectivity index (χ1) is 13.8. The molecule has 0 unspecified atom stereocenters. The zero-order valence-corrected chi connectivity index (χ0v) is 15.8. The number of ether oxygens (including phenoxy) is 1. The van der Waals surface area contributed by atoms with Crippen LogP contribution in [-0.2, 0) is 17.6 Å². The summed E-state index contributed by atoms with van der Waals surface area (Å²) in [6.07, 6.45) is 0.201.